The average Bonchev–Trinajstić information content (AvgIpc) is 3.23. The van der Waals surface area contributed by atoms with Crippen LogP contribution in [0.5, 0.6) is 0 Å². The Morgan fingerprint density at radius 3 is 2.71 bits per heavy atom. The van der Waals surface area contributed by atoms with Gasteiger partial charge in [0, 0.05) is 31.0 Å². The Labute approximate surface area is 211 Å². The molecule has 1 aliphatic heterocycles. The van der Waals surface area contributed by atoms with Crippen molar-refractivity contribution in [2.24, 2.45) is 0 Å². The molecular weight excluding hydrogens is 552 g/mol. The molecule has 0 radical (unpaired) electrons. The Morgan fingerprint density at radius 2 is 2.03 bits per heavy atom. The highest BCUT2D eigenvalue weighted by molar-refractivity contribution is 14.1. The van der Waals surface area contributed by atoms with Gasteiger partial charge in [-0.2, -0.15) is 10.1 Å². The summed E-state index contributed by atoms with van der Waals surface area (Å²) in [5.74, 6) is 1.32. The van der Waals surface area contributed by atoms with Crippen molar-refractivity contribution < 1.29 is 13.9 Å². The highest BCUT2D eigenvalue weighted by Gasteiger charge is 2.26. The maximum Gasteiger partial charge on any atom is 0.409 e. The first-order chi connectivity index (χ1) is 16.3. The van der Waals surface area contributed by atoms with E-state index in [0.717, 1.165) is 33.2 Å². The Bertz CT molecular complexity index is 1180. The van der Waals surface area contributed by atoms with Crippen LogP contribution in [0.1, 0.15) is 42.5 Å². The highest BCUT2D eigenvalue weighted by Crippen LogP contribution is 2.34. The number of ether oxygens (including phenoxy) is 1. The van der Waals surface area contributed by atoms with Crippen LogP contribution in [0.3, 0.4) is 0 Å². The molecule has 11 heteroatoms. The normalized spacial score (nSPS) is 14.2. The number of aryl methyl sites for hydroxylation is 2. The molecule has 1 fully saturated rings. The molecule has 1 aliphatic rings. The predicted molar refractivity (Wildman–Crippen MR) is 136 cm³/mol. The molecular formula is C23H27FIN7O2. The van der Waals surface area contributed by atoms with E-state index in [4.69, 9.17) is 4.74 Å². The standard InChI is InChI=1S/C23H27FIN7O2/c1-4-34-23(33)32-7-5-15(6-8-32)16-11-17(24)19(9-13(16)2)27-22-26-12-18(25)21(29-22)28-20-10-14(3)30-31-20/h9-12,15H,4-8H2,1-3H3,(H3,26,27,28,29,30,31). The summed E-state index contributed by atoms with van der Waals surface area (Å²) in [6.45, 7) is 7.25. The fourth-order valence-electron chi connectivity index (χ4n) is 4.06. The van der Waals surface area contributed by atoms with Crippen LogP contribution < -0.4 is 10.6 Å². The van der Waals surface area contributed by atoms with E-state index in [2.05, 4.69) is 53.4 Å². The van der Waals surface area contributed by atoms with Crippen LogP contribution in [0, 0.1) is 23.2 Å². The fraction of sp³-hybridized carbons (Fsp3) is 0.391. The van der Waals surface area contributed by atoms with Gasteiger partial charge in [-0.15, -0.1) is 0 Å². The van der Waals surface area contributed by atoms with Crippen LogP contribution in [0.4, 0.5) is 32.5 Å². The van der Waals surface area contributed by atoms with Crippen molar-refractivity contribution >= 4 is 52.0 Å². The number of hydrogen-bond acceptors (Lipinski definition) is 7. The quantitative estimate of drug-likeness (QED) is 0.337. The van der Waals surface area contributed by atoms with Gasteiger partial charge in [0.2, 0.25) is 5.95 Å². The average molecular weight is 579 g/mol. The van der Waals surface area contributed by atoms with E-state index in [9.17, 15) is 4.79 Å². The fourth-order valence-corrected chi connectivity index (χ4v) is 4.45. The van der Waals surface area contributed by atoms with Crippen molar-refractivity contribution in [3.8, 4) is 0 Å². The lowest BCUT2D eigenvalue weighted by atomic mass is 9.86. The Morgan fingerprint density at radius 1 is 1.26 bits per heavy atom. The van der Waals surface area contributed by atoms with Crippen LogP contribution in [0.25, 0.3) is 0 Å². The molecule has 1 saturated heterocycles. The number of H-pyrrole nitrogens is 1. The second-order valence-corrected chi connectivity index (χ2v) is 9.39. The first-order valence-electron chi connectivity index (χ1n) is 11.1. The van der Waals surface area contributed by atoms with Crippen molar-refractivity contribution in [1.82, 2.24) is 25.1 Å². The smallest absolute Gasteiger partial charge is 0.409 e. The number of likely N-dealkylation sites (tertiary alicyclic amines) is 1. The van der Waals surface area contributed by atoms with Crippen LogP contribution in [-0.2, 0) is 4.74 Å². The van der Waals surface area contributed by atoms with Gasteiger partial charge in [0.1, 0.15) is 5.82 Å². The number of benzene rings is 1. The number of hydrogen-bond donors (Lipinski definition) is 3. The molecule has 0 saturated carbocycles. The summed E-state index contributed by atoms with van der Waals surface area (Å²) in [5, 5.41) is 13.2. The zero-order chi connectivity index (χ0) is 24.2. The summed E-state index contributed by atoms with van der Waals surface area (Å²) in [4.78, 5) is 22.4. The lowest BCUT2D eigenvalue weighted by Crippen LogP contribution is -2.38. The molecule has 3 N–H and O–H groups in total. The van der Waals surface area contributed by atoms with Crippen LogP contribution in [0.2, 0.25) is 0 Å². The third-order valence-corrected chi connectivity index (χ3v) is 6.55. The number of nitrogens with one attached hydrogen (secondary N) is 3. The molecule has 0 aliphatic carbocycles. The van der Waals surface area contributed by atoms with E-state index < -0.39 is 0 Å². The first-order valence-corrected chi connectivity index (χ1v) is 12.2. The maximum absolute atomic E-state index is 15.1. The van der Waals surface area contributed by atoms with Gasteiger partial charge in [-0.1, -0.05) is 0 Å². The molecule has 0 atom stereocenters. The third-order valence-electron chi connectivity index (χ3n) is 5.76. The van der Waals surface area contributed by atoms with E-state index in [1.54, 1.807) is 30.2 Å². The third kappa shape index (κ3) is 5.57. The minimum absolute atomic E-state index is 0.192. The van der Waals surface area contributed by atoms with Crippen LogP contribution in [0.15, 0.2) is 24.4 Å². The topological polar surface area (TPSA) is 108 Å². The van der Waals surface area contributed by atoms with E-state index in [-0.39, 0.29) is 23.8 Å². The first kappa shape index (κ1) is 24.2. The van der Waals surface area contributed by atoms with Gasteiger partial charge in [0.25, 0.3) is 0 Å². The van der Waals surface area contributed by atoms with E-state index in [1.807, 2.05) is 19.9 Å². The Balaban J connectivity index is 1.46. The van der Waals surface area contributed by atoms with Gasteiger partial charge in [0.15, 0.2) is 11.6 Å². The number of piperidine rings is 1. The molecule has 180 valence electrons. The minimum atomic E-state index is -0.368. The number of anilines is 4. The summed E-state index contributed by atoms with van der Waals surface area (Å²) in [6, 6.07) is 5.23. The zero-order valence-corrected chi connectivity index (χ0v) is 21.4. The predicted octanol–water partition coefficient (Wildman–Crippen LogP) is 5.38. The molecule has 1 amide bonds. The number of aromatic nitrogens is 4. The van der Waals surface area contributed by atoms with E-state index >= 15 is 4.39 Å². The van der Waals surface area contributed by atoms with Gasteiger partial charge < -0.3 is 20.3 Å². The molecule has 2 aromatic heterocycles. The lowest BCUT2D eigenvalue weighted by Gasteiger charge is -2.32. The molecule has 4 rings (SSSR count). The zero-order valence-electron chi connectivity index (χ0n) is 19.3. The largest absolute Gasteiger partial charge is 0.450 e. The summed E-state index contributed by atoms with van der Waals surface area (Å²) in [7, 11) is 0. The lowest BCUT2D eigenvalue weighted by molar-refractivity contribution is 0.0970. The molecule has 0 spiro atoms. The van der Waals surface area contributed by atoms with Crippen LogP contribution >= 0.6 is 22.6 Å². The Kier molecular flexibility index (Phi) is 7.49. The van der Waals surface area contributed by atoms with Crippen molar-refractivity contribution in [3.05, 3.63) is 50.6 Å². The van der Waals surface area contributed by atoms with Gasteiger partial charge in [-0.25, -0.2) is 14.2 Å². The van der Waals surface area contributed by atoms with Crippen molar-refractivity contribution in [3.63, 3.8) is 0 Å². The van der Waals surface area contributed by atoms with Gasteiger partial charge in [-0.05, 0) is 85.4 Å². The summed E-state index contributed by atoms with van der Waals surface area (Å²) >= 11 is 2.13. The van der Waals surface area contributed by atoms with Gasteiger partial charge in [0.05, 0.1) is 15.9 Å². The van der Waals surface area contributed by atoms with Crippen molar-refractivity contribution in [1.29, 1.82) is 0 Å². The molecule has 34 heavy (non-hydrogen) atoms. The Hall–Kier alpha value is -2.96. The van der Waals surface area contributed by atoms with Crippen LogP contribution in [-0.4, -0.2) is 50.9 Å². The molecule has 3 aromatic rings. The highest BCUT2D eigenvalue weighted by atomic mass is 127. The van der Waals surface area contributed by atoms with Crippen molar-refractivity contribution in [2.45, 2.75) is 39.5 Å². The second-order valence-electron chi connectivity index (χ2n) is 8.23. The van der Waals surface area contributed by atoms with Gasteiger partial charge >= 0.3 is 6.09 Å². The monoisotopic (exact) mass is 579 g/mol. The summed E-state index contributed by atoms with van der Waals surface area (Å²) < 4.78 is 21.0. The number of halogens is 2. The second kappa shape index (κ2) is 10.5. The number of nitrogens with zero attached hydrogens (tertiary/aromatic N) is 4. The molecule has 0 bridgehead atoms. The van der Waals surface area contributed by atoms with E-state index in [0.29, 0.717) is 37.0 Å². The summed E-state index contributed by atoms with van der Waals surface area (Å²) in [6.07, 6.45) is 2.92. The molecule has 1 aromatic carbocycles. The van der Waals surface area contributed by atoms with Gasteiger partial charge in [-0.3, -0.25) is 5.10 Å². The molecule has 0 unspecified atom stereocenters. The number of amides is 1. The SMILES string of the molecule is CCOC(=O)N1CCC(c2cc(F)c(Nc3ncc(I)c(Nc4cc(C)[nH]n4)n3)cc2C)CC1. The number of rotatable bonds is 6. The maximum atomic E-state index is 15.1. The number of carbonyl (C=O) groups is 1. The molecule has 9 nitrogen and oxygen atoms in total. The minimum Gasteiger partial charge on any atom is -0.450 e. The van der Waals surface area contributed by atoms with E-state index in [1.165, 1.54) is 0 Å². The van der Waals surface area contributed by atoms with Crippen molar-refractivity contribution in [2.75, 3.05) is 30.3 Å². The number of carbonyl (C=O) groups excluding carboxylic acids is 1. The molecule has 3 heterocycles. The summed E-state index contributed by atoms with van der Waals surface area (Å²) in [5.41, 5.74) is 3.18. The number of aromatic amines is 1.